The quantitative estimate of drug-likeness (QED) is 0.343. The fourth-order valence-electron chi connectivity index (χ4n) is 2.58. The maximum absolute atomic E-state index is 8.37. The van der Waals surface area contributed by atoms with Gasteiger partial charge in [0, 0.05) is 10.6 Å². The van der Waals surface area contributed by atoms with Gasteiger partial charge >= 0.3 is 0 Å². The van der Waals surface area contributed by atoms with Crippen LogP contribution in [0, 0.1) is 5.92 Å². The van der Waals surface area contributed by atoms with Crippen LogP contribution in [-0.2, 0) is 0 Å². The molecule has 0 amide bonds. The van der Waals surface area contributed by atoms with E-state index in [2.05, 4.69) is 16.9 Å². The highest BCUT2D eigenvalue weighted by molar-refractivity contribution is 5.63. The van der Waals surface area contributed by atoms with Crippen molar-refractivity contribution in [1.82, 2.24) is 0 Å². The molecule has 1 aliphatic rings. The number of nitrogens with zero attached hydrogens (tertiary/aromatic N) is 3. The van der Waals surface area contributed by atoms with Crippen molar-refractivity contribution >= 4 is 11.4 Å². The van der Waals surface area contributed by atoms with Gasteiger partial charge in [0.15, 0.2) is 0 Å². The molecule has 0 aliphatic heterocycles. The molecule has 1 aromatic rings. The number of hydrogen-bond donors (Lipinski definition) is 1. The number of benzene rings is 1. The molecule has 1 fully saturated rings. The molecule has 0 bridgehead atoms. The summed E-state index contributed by atoms with van der Waals surface area (Å²) in [5.74, 6) is 1.34. The van der Waals surface area contributed by atoms with Crippen molar-refractivity contribution in [3.8, 4) is 0 Å². The molecular formula is C12H16N4. The third-order valence-corrected chi connectivity index (χ3v) is 3.49. The third kappa shape index (κ3) is 1.97. The first kappa shape index (κ1) is 10.8. The summed E-state index contributed by atoms with van der Waals surface area (Å²) < 4.78 is 0. The van der Waals surface area contributed by atoms with E-state index in [0.29, 0.717) is 17.3 Å². The van der Waals surface area contributed by atoms with Crippen molar-refractivity contribution in [1.29, 1.82) is 0 Å². The Kier molecular flexibility index (Phi) is 3.02. The Morgan fingerprint density at radius 1 is 1.44 bits per heavy atom. The molecule has 2 atom stereocenters. The maximum Gasteiger partial charge on any atom is 0.0605 e. The summed E-state index contributed by atoms with van der Waals surface area (Å²) in [7, 11) is 0. The third-order valence-electron chi connectivity index (χ3n) is 3.49. The van der Waals surface area contributed by atoms with Gasteiger partial charge in [-0.15, -0.1) is 0 Å². The second kappa shape index (κ2) is 4.45. The van der Waals surface area contributed by atoms with E-state index in [0.717, 1.165) is 5.92 Å². The molecule has 2 N–H and O–H groups in total. The lowest BCUT2D eigenvalue weighted by Gasteiger charge is -2.16. The summed E-state index contributed by atoms with van der Waals surface area (Å²) >= 11 is 0. The van der Waals surface area contributed by atoms with Crippen LogP contribution in [0.25, 0.3) is 10.4 Å². The minimum Gasteiger partial charge on any atom is -0.398 e. The van der Waals surface area contributed by atoms with E-state index >= 15 is 0 Å². The second-order valence-electron chi connectivity index (χ2n) is 4.52. The van der Waals surface area contributed by atoms with Gasteiger partial charge in [-0.25, -0.2) is 0 Å². The van der Waals surface area contributed by atoms with E-state index in [-0.39, 0.29) is 0 Å². The highest BCUT2D eigenvalue weighted by atomic mass is 15.1. The molecule has 1 aliphatic carbocycles. The number of hydrogen-bond acceptors (Lipinski definition) is 2. The predicted molar refractivity (Wildman–Crippen MR) is 65.4 cm³/mol. The molecule has 16 heavy (non-hydrogen) atoms. The monoisotopic (exact) mass is 216 g/mol. The molecule has 2 rings (SSSR count). The van der Waals surface area contributed by atoms with Gasteiger partial charge in [-0.3, -0.25) is 0 Å². The van der Waals surface area contributed by atoms with Gasteiger partial charge in [0.2, 0.25) is 0 Å². The van der Waals surface area contributed by atoms with E-state index in [1.165, 1.54) is 24.8 Å². The Hall–Kier alpha value is -1.67. The van der Waals surface area contributed by atoms with Crippen molar-refractivity contribution in [2.75, 3.05) is 5.73 Å². The molecule has 84 valence electrons. The van der Waals surface area contributed by atoms with Crippen LogP contribution in [0.5, 0.6) is 0 Å². The van der Waals surface area contributed by atoms with Gasteiger partial charge in [-0.1, -0.05) is 37.0 Å². The van der Waals surface area contributed by atoms with Gasteiger partial charge in [0.25, 0.3) is 0 Å². The summed E-state index contributed by atoms with van der Waals surface area (Å²) in [6.45, 7) is 2.29. The number of anilines is 1. The molecule has 4 nitrogen and oxygen atoms in total. The van der Waals surface area contributed by atoms with Gasteiger partial charge in [0.05, 0.1) is 5.69 Å². The summed E-state index contributed by atoms with van der Waals surface area (Å²) in [5.41, 5.74) is 16.6. The zero-order chi connectivity index (χ0) is 11.5. The van der Waals surface area contributed by atoms with Gasteiger partial charge in [-0.2, -0.15) is 0 Å². The fraction of sp³-hybridized carbons (Fsp3) is 0.500. The van der Waals surface area contributed by atoms with Crippen LogP contribution in [0.2, 0.25) is 0 Å². The Bertz CT molecular complexity index is 435. The summed E-state index contributed by atoms with van der Waals surface area (Å²) in [6, 6.07) is 5.80. The number of azide groups is 1. The first-order valence-electron chi connectivity index (χ1n) is 5.67. The Morgan fingerprint density at radius 2 is 2.25 bits per heavy atom. The Morgan fingerprint density at radius 3 is 2.81 bits per heavy atom. The molecule has 0 heterocycles. The Balaban J connectivity index is 2.30. The molecule has 4 heteroatoms. The minimum absolute atomic E-state index is 0.525. The van der Waals surface area contributed by atoms with Crippen LogP contribution in [-0.4, -0.2) is 0 Å². The van der Waals surface area contributed by atoms with E-state index < -0.39 is 0 Å². The van der Waals surface area contributed by atoms with Crippen LogP contribution in [0.3, 0.4) is 0 Å². The topological polar surface area (TPSA) is 74.8 Å². The Labute approximate surface area is 95.1 Å². The van der Waals surface area contributed by atoms with Crippen LogP contribution < -0.4 is 5.73 Å². The lowest BCUT2D eigenvalue weighted by atomic mass is 9.90. The normalized spacial score (nSPS) is 24.1. The van der Waals surface area contributed by atoms with E-state index in [1.54, 1.807) is 0 Å². The van der Waals surface area contributed by atoms with Gasteiger partial charge < -0.3 is 5.73 Å². The average Bonchev–Trinajstić information content (AvgIpc) is 2.68. The molecule has 0 aromatic heterocycles. The highest BCUT2D eigenvalue weighted by Gasteiger charge is 2.24. The smallest absolute Gasteiger partial charge is 0.0605 e. The standard InChI is InChI=1S/C12H16N4/c1-8-3-2-4-10(8)9-5-6-12(15-16-14)11(13)7-9/h5-8,10H,2-4,13H2,1H3. The van der Waals surface area contributed by atoms with Crippen LogP contribution in [0.1, 0.15) is 37.7 Å². The fourth-order valence-corrected chi connectivity index (χ4v) is 2.58. The molecule has 2 unspecified atom stereocenters. The summed E-state index contributed by atoms with van der Waals surface area (Å²) in [6.07, 6.45) is 3.83. The molecular weight excluding hydrogens is 200 g/mol. The van der Waals surface area contributed by atoms with E-state index in [4.69, 9.17) is 11.3 Å². The minimum atomic E-state index is 0.525. The summed E-state index contributed by atoms with van der Waals surface area (Å²) in [5, 5.41) is 3.55. The number of nitrogen functional groups attached to an aromatic ring is 1. The van der Waals surface area contributed by atoms with Crippen molar-refractivity contribution < 1.29 is 0 Å². The largest absolute Gasteiger partial charge is 0.398 e. The summed E-state index contributed by atoms with van der Waals surface area (Å²) in [4.78, 5) is 2.75. The van der Waals surface area contributed by atoms with Crippen LogP contribution in [0.15, 0.2) is 23.3 Å². The van der Waals surface area contributed by atoms with E-state index in [1.807, 2.05) is 18.2 Å². The molecule has 1 saturated carbocycles. The van der Waals surface area contributed by atoms with Gasteiger partial charge in [0.1, 0.15) is 0 Å². The van der Waals surface area contributed by atoms with Crippen molar-refractivity contribution in [2.45, 2.75) is 32.1 Å². The first-order valence-corrected chi connectivity index (χ1v) is 5.67. The lowest BCUT2D eigenvalue weighted by Crippen LogP contribution is -2.02. The SMILES string of the molecule is CC1CCCC1c1ccc(N=[N+]=[N-])c(N)c1. The number of rotatable bonds is 2. The zero-order valence-corrected chi connectivity index (χ0v) is 9.43. The van der Waals surface area contributed by atoms with Crippen LogP contribution >= 0.6 is 0 Å². The molecule has 0 saturated heterocycles. The second-order valence-corrected chi connectivity index (χ2v) is 4.52. The highest BCUT2D eigenvalue weighted by Crippen LogP contribution is 2.40. The van der Waals surface area contributed by atoms with Crippen molar-refractivity contribution in [3.63, 3.8) is 0 Å². The maximum atomic E-state index is 8.37. The molecule has 0 spiro atoms. The first-order chi connectivity index (χ1) is 7.72. The predicted octanol–water partition coefficient (Wildman–Crippen LogP) is 4.11. The van der Waals surface area contributed by atoms with Gasteiger partial charge in [-0.05, 0) is 35.4 Å². The average molecular weight is 216 g/mol. The zero-order valence-electron chi connectivity index (χ0n) is 9.43. The van der Waals surface area contributed by atoms with Crippen molar-refractivity contribution in [3.05, 3.63) is 34.2 Å². The lowest BCUT2D eigenvalue weighted by molar-refractivity contribution is 0.533. The molecule has 1 aromatic carbocycles. The molecule has 0 radical (unpaired) electrons. The van der Waals surface area contributed by atoms with Crippen molar-refractivity contribution in [2.24, 2.45) is 11.0 Å². The van der Waals surface area contributed by atoms with E-state index in [9.17, 15) is 0 Å². The number of nitrogens with two attached hydrogens (primary N) is 1. The van der Waals surface area contributed by atoms with Crippen LogP contribution in [0.4, 0.5) is 11.4 Å².